The molecule has 0 spiro atoms. The van der Waals surface area contributed by atoms with E-state index in [9.17, 15) is 18.7 Å². The van der Waals surface area contributed by atoms with Crippen molar-refractivity contribution < 1.29 is 28.2 Å². The van der Waals surface area contributed by atoms with Crippen LogP contribution in [-0.4, -0.2) is 43.9 Å². The second kappa shape index (κ2) is 8.74. The second-order valence-corrected chi connectivity index (χ2v) is 6.48. The summed E-state index contributed by atoms with van der Waals surface area (Å²) in [6.45, 7) is -3.06. The number of halogens is 2. The lowest BCUT2D eigenvalue weighted by Gasteiger charge is -2.15. The molecule has 2 aromatic carbocycles. The van der Waals surface area contributed by atoms with E-state index in [1.54, 1.807) is 46.9 Å². The molecule has 0 amide bonds. The molecule has 31 heavy (non-hydrogen) atoms. The minimum absolute atomic E-state index is 0.0119. The van der Waals surface area contributed by atoms with Gasteiger partial charge in [-0.25, -0.2) is 4.40 Å². The SMILES string of the molecule is O=C(O)C(COc1cncc2nnc(-c3ccc(OC(F)F)cc3)n12)c1ccccc1. The van der Waals surface area contributed by atoms with Gasteiger partial charge in [-0.2, -0.15) is 8.78 Å². The van der Waals surface area contributed by atoms with Crippen molar-refractivity contribution in [2.24, 2.45) is 0 Å². The van der Waals surface area contributed by atoms with Crippen LogP contribution in [0.4, 0.5) is 8.78 Å². The molecule has 0 aliphatic rings. The summed E-state index contributed by atoms with van der Waals surface area (Å²) in [4.78, 5) is 15.8. The molecule has 0 radical (unpaired) electrons. The fourth-order valence-electron chi connectivity index (χ4n) is 3.06. The molecule has 4 aromatic rings. The Hall–Kier alpha value is -4.08. The number of aromatic nitrogens is 4. The average molecular weight is 426 g/mol. The zero-order valence-corrected chi connectivity index (χ0v) is 15.9. The standard InChI is InChI=1S/C21H16F2N4O4/c22-21(23)31-15-8-6-14(7-9-15)19-26-25-17-10-24-11-18(27(17)19)30-12-16(20(28)29)13-4-2-1-3-5-13/h1-11,16,21H,12H2,(H,28,29). The van der Waals surface area contributed by atoms with Gasteiger partial charge in [-0.3, -0.25) is 9.78 Å². The summed E-state index contributed by atoms with van der Waals surface area (Å²) in [5, 5.41) is 17.8. The van der Waals surface area contributed by atoms with Crippen molar-refractivity contribution in [3.05, 3.63) is 72.6 Å². The third-order valence-electron chi connectivity index (χ3n) is 4.52. The predicted octanol–water partition coefficient (Wildman–Crippen LogP) is 3.64. The number of benzene rings is 2. The Morgan fingerprint density at radius 2 is 1.77 bits per heavy atom. The molecular weight excluding hydrogens is 410 g/mol. The predicted molar refractivity (Wildman–Crippen MR) is 105 cm³/mol. The highest BCUT2D eigenvalue weighted by atomic mass is 19.3. The Morgan fingerprint density at radius 1 is 1.03 bits per heavy atom. The van der Waals surface area contributed by atoms with Crippen molar-refractivity contribution in [1.29, 1.82) is 0 Å². The van der Waals surface area contributed by atoms with Gasteiger partial charge in [0.1, 0.15) is 18.3 Å². The van der Waals surface area contributed by atoms with Crippen molar-refractivity contribution >= 4 is 11.6 Å². The van der Waals surface area contributed by atoms with E-state index in [0.717, 1.165) is 0 Å². The van der Waals surface area contributed by atoms with Gasteiger partial charge in [0, 0.05) is 5.56 Å². The van der Waals surface area contributed by atoms with E-state index in [1.807, 2.05) is 0 Å². The minimum atomic E-state index is -2.92. The molecular formula is C21H16F2N4O4. The molecule has 8 nitrogen and oxygen atoms in total. The van der Waals surface area contributed by atoms with Gasteiger partial charge in [-0.05, 0) is 29.8 Å². The maximum absolute atomic E-state index is 12.4. The fraction of sp³-hybridized carbons (Fsp3) is 0.143. The number of aliphatic carboxylic acids is 1. The fourth-order valence-corrected chi connectivity index (χ4v) is 3.06. The zero-order valence-electron chi connectivity index (χ0n) is 15.9. The van der Waals surface area contributed by atoms with Crippen LogP contribution < -0.4 is 9.47 Å². The average Bonchev–Trinajstić information content (AvgIpc) is 3.19. The molecule has 1 N–H and O–H groups in total. The van der Waals surface area contributed by atoms with E-state index in [2.05, 4.69) is 19.9 Å². The molecule has 0 fully saturated rings. The van der Waals surface area contributed by atoms with Crippen LogP contribution in [0.3, 0.4) is 0 Å². The monoisotopic (exact) mass is 426 g/mol. The van der Waals surface area contributed by atoms with E-state index < -0.39 is 18.5 Å². The molecule has 1 unspecified atom stereocenters. The quantitative estimate of drug-likeness (QED) is 0.459. The topological polar surface area (TPSA) is 98.8 Å². The molecule has 1 atom stereocenters. The molecule has 4 rings (SSSR count). The number of alkyl halides is 2. The number of hydrogen-bond donors (Lipinski definition) is 1. The largest absolute Gasteiger partial charge is 0.481 e. The third-order valence-corrected chi connectivity index (χ3v) is 4.52. The molecule has 2 aromatic heterocycles. The van der Waals surface area contributed by atoms with Crippen molar-refractivity contribution in [3.63, 3.8) is 0 Å². The van der Waals surface area contributed by atoms with Gasteiger partial charge < -0.3 is 14.6 Å². The van der Waals surface area contributed by atoms with Gasteiger partial charge in [0.15, 0.2) is 11.5 Å². The van der Waals surface area contributed by atoms with Crippen LogP contribution in [0, 0.1) is 0 Å². The molecule has 0 aliphatic carbocycles. The van der Waals surface area contributed by atoms with Gasteiger partial charge in [-0.1, -0.05) is 30.3 Å². The van der Waals surface area contributed by atoms with E-state index in [1.165, 1.54) is 24.5 Å². The summed E-state index contributed by atoms with van der Waals surface area (Å²) in [5.41, 5.74) is 1.56. The normalized spacial score (nSPS) is 12.1. The Bertz CT molecular complexity index is 1180. The van der Waals surface area contributed by atoms with Crippen molar-refractivity contribution in [1.82, 2.24) is 19.6 Å². The number of rotatable bonds is 8. The van der Waals surface area contributed by atoms with Gasteiger partial charge >= 0.3 is 12.6 Å². The summed E-state index contributed by atoms with van der Waals surface area (Å²) in [5.74, 6) is -1.28. The van der Waals surface area contributed by atoms with Crippen molar-refractivity contribution in [3.8, 4) is 23.0 Å². The highest BCUT2D eigenvalue weighted by Gasteiger charge is 2.22. The molecule has 2 heterocycles. The summed E-state index contributed by atoms with van der Waals surface area (Å²) in [6, 6.07) is 14.6. The lowest BCUT2D eigenvalue weighted by atomic mass is 10.0. The first-order valence-corrected chi connectivity index (χ1v) is 9.18. The van der Waals surface area contributed by atoms with Crippen LogP contribution in [0.1, 0.15) is 11.5 Å². The van der Waals surface area contributed by atoms with Crippen molar-refractivity contribution in [2.45, 2.75) is 12.5 Å². The lowest BCUT2D eigenvalue weighted by Crippen LogP contribution is -2.20. The number of hydrogen-bond acceptors (Lipinski definition) is 6. The molecule has 158 valence electrons. The molecule has 0 saturated heterocycles. The number of ether oxygens (including phenoxy) is 2. The summed E-state index contributed by atoms with van der Waals surface area (Å²) in [7, 11) is 0. The smallest absolute Gasteiger partial charge is 0.387 e. The highest BCUT2D eigenvalue weighted by Crippen LogP contribution is 2.26. The maximum atomic E-state index is 12.4. The van der Waals surface area contributed by atoms with Crippen LogP contribution in [0.25, 0.3) is 17.0 Å². The Morgan fingerprint density at radius 3 is 2.45 bits per heavy atom. The second-order valence-electron chi connectivity index (χ2n) is 6.48. The van der Waals surface area contributed by atoms with E-state index in [0.29, 0.717) is 22.6 Å². The summed E-state index contributed by atoms with van der Waals surface area (Å²) < 4.78 is 36.5. The van der Waals surface area contributed by atoms with Crippen LogP contribution in [0.15, 0.2) is 67.0 Å². The summed E-state index contributed by atoms with van der Waals surface area (Å²) >= 11 is 0. The first-order valence-electron chi connectivity index (χ1n) is 9.18. The number of fused-ring (bicyclic) bond motifs is 1. The molecule has 0 saturated carbocycles. The minimum Gasteiger partial charge on any atom is -0.481 e. The molecule has 0 bridgehead atoms. The molecule has 0 aliphatic heterocycles. The lowest BCUT2D eigenvalue weighted by molar-refractivity contribution is -0.139. The van der Waals surface area contributed by atoms with E-state index in [4.69, 9.17) is 4.74 Å². The maximum Gasteiger partial charge on any atom is 0.387 e. The number of carboxylic acids is 1. The van der Waals surface area contributed by atoms with Gasteiger partial charge in [0.2, 0.25) is 5.88 Å². The van der Waals surface area contributed by atoms with Crippen LogP contribution in [0.2, 0.25) is 0 Å². The van der Waals surface area contributed by atoms with E-state index >= 15 is 0 Å². The molecule has 10 heteroatoms. The Labute approximate surface area is 174 Å². The number of carbonyl (C=O) groups is 1. The van der Waals surface area contributed by atoms with Crippen LogP contribution >= 0.6 is 0 Å². The van der Waals surface area contributed by atoms with Crippen LogP contribution in [-0.2, 0) is 4.79 Å². The van der Waals surface area contributed by atoms with Gasteiger partial charge in [0.05, 0.1) is 12.4 Å². The number of carboxylic acid groups (broad SMARTS) is 1. The highest BCUT2D eigenvalue weighted by molar-refractivity contribution is 5.76. The Kier molecular flexibility index (Phi) is 5.69. The zero-order chi connectivity index (χ0) is 21.8. The summed E-state index contributed by atoms with van der Waals surface area (Å²) in [6.07, 6.45) is 2.90. The van der Waals surface area contributed by atoms with E-state index in [-0.39, 0.29) is 18.2 Å². The van der Waals surface area contributed by atoms with Crippen molar-refractivity contribution in [2.75, 3.05) is 6.61 Å². The van der Waals surface area contributed by atoms with Gasteiger partial charge in [0.25, 0.3) is 0 Å². The Balaban J connectivity index is 1.63. The first-order chi connectivity index (χ1) is 15.0. The number of nitrogens with zero attached hydrogens (tertiary/aromatic N) is 4. The van der Waals surface area contributed by atoms with Gasteiger partial charge in [-0.15, -0.1) is 10.2 Å². The third kappa shape index (κ3) is 4.42. The van der Waals surface area contributed by atoms with Crippen LogP contribution in [0.5, 0.6) is 11.6 Å². The first kappa shape index (κ1) is 20.2.